The molecule has 0 unspecified atom stereocenters. The number of methoxy groups -OCH3 is 1. The Morgan fingerprint density at radius 2 is 1.89 bits per heavy atom. The molecular formula is C20H25BrN4O2. The lowest BCUT2D eigenvalue weighted by Gasteiger charge is -2.16. The maximum absolute atomic E-state index is 11.9. The predicted molar refractivity (Wildman–Crippen MR) is 112 cm³/mol. The Balaban J connectivity index is 2.09. The molecule has 2 rings (SSSR count). The van der Waals surface area contributed by atoms with Crippen LogP contribution >= 0.6 is 15.9 Å². The molecule has 6 nitrogen and oxygen atoms in total. The van der Waals surface area contributed by atoms with E-state index in [1.54, 1.807) is 26.1 Å². The lowest BCUT2D eigenvalue weighted by atomic mass is 10.2. The van der Waals surface area contributed by atoms with E-state index in [4.69, 9.17) is 4.74 Å². The number of aliphatic imine (C=N–C) groups is 1. The molecule has 0 heterocycles. The first kappa shape index (κ1) is 20.8. The Bertz CT molecular complexity index is 779. The number of halogens is 1. The van der Waals surface area contributed by atoms with Crippen molar-refractivity contribution >= 4 is 27.8 Å². The van der Waals surface area contributed by atoms with Gasteiger partial charge in [0.1, 0.15) is 5.75 Å². The van der Waals surface area contributed by atoms with Gasteiger partial charge in [-0.1, -0.05) is 46.3 Å². The van der Waals surface area contributed by atoms with Crippen LogP contribution in [0.15, 0.2) is 58.0 Å². The summed E-state index contributed by atoms with van der Waals surface area (Å²) in [6, 6.07) is 15.8. The van der Waals surface area contributed by atoms with Gasteiger partial charge in [0.25, 0.3) is 0 Å². The summed E-state index contributed by atoms with van der Waals surface area (Å²) in [5.74, 6) is 1.33. The number of likely N-dealkylation sites (N-methyl/N-ethyl adjacent to an activating group) is 1. The van der Waals surface area contributed by atoms with Gasteiger partial charge in [0.15, 0.2) is 5.96 Å². The maximum Gasteiger partial charge on any atom is 0.241 e. The molecule has 0 aliphatic rings. The van der Waals surface area contributed by atoms with E-state index in [1.807, 2.05) is 48.5 Å². The van der Waals surface area contributed by atoms with Gasteiger partial charge in [-0.3, -0.25) is 4.79 Å². The molecule has 0 bridgehead atoms. The second-order valence-corrected chi connectivity index (χ2v) is 7.02. The molecular weight excluding hydrogens is 408 g/mol. The van der Waals surface area contributed by atoms with Gasteiger partial charge in [-0.2, -0.15) is 0 Å². The molecule has 2 aromatic rings. The summed E-state index contributed by atoms with van der Waals surface area (Å²) < 4.78 is 6.38. The molecule has 0 saturated heterocycles. The van der Waals surface area contributed by atoms with Gasteiger partial charge in [0.2, 0.25) is 5.91 Å². The summed E-state index contributed by atoms with van der Waals surface area (Å²) in [5.41, 5.74) is 2.08. The second-order valence-electron chi connectivity index (χ2n) is 6.10. The third-order valence-electron chi connectivity index (χ3n) is 3.86. The minimum Gasteiger partial charge on any atom is -0.496 e. The molecule has 0 aliphatic heterocycles. The molecule has 144 valence electrons. The minimum atomic E-state index is -0.0238. The molecule has 0 radical (unpaired) electrons. The first-order chi connectivity index (χ1) is 13.0. The number of ether oxygens (including phenoxy) is 1. The first-order valence-corrected chi connectivity index (χ1v) is 9.37. The van der Waals surface area contributed by atoms with Crippen LogP contribution in [0.1, 0.15) is 11.1 Å². The number of hydrogen-bond acceptors (Lipinski definition) is 3. The molecule has 0 atom stereocenters. The molecule has 0 aliphatic carbocycles. The average molecular weight is 433 g/mol. The van der Waals surface area contributed by atoms with Crippen molar-refractivity contribution in [3.63, 3.8) is 0 Å². The van der Waals surface area contributed by atoms with Crippen LogP contribution in [0.25, 0.3) is 0 Å². The fourth-order valence-electron chi connectivity index (χ4n) is 2.31. The van der Waals surface area contributed by atoms with Gasteiger partial charge in [0.05, 0.1) is 20.2 Å². The summed E-state index contributed by atoms with van der Waals surface area (Å²) in [6.45, 7) is 1.20. The van der Waals surface area contributed by atoms with E-state index in [9.17, 15) is 4.79 Å². The normalized spacial score (nSPS) is 11.0. The SMILES string of the molecule is COc1ccc(Br)cc1CNC(=NCc1ccccc1)NCC(=O)N(C)C. The van der Waals surface area contributed by atoms with Gasteiger partial charge in [-0.15, -0.1) is 0 Å². The van der Waals surface area contributed by atoms with Crippen molar-refractivity contribution in [1.82, 2.24) is 15.5 Å². The molecule has 0 aromatic heterocycles. The van der Waals surface area contributed by atoms with E-state index in [0.29, 0.717) is 19.0 Å². The second kappa shape index (κ2) is 10.6. The van der Waals surface area contributed by atoms with Crippen LogP contribution in [0.4, 0.5) is 0 Å². The summed E-state index contributed by atoms with van der Waals surface area (Å²) in [6.07, 6.45) is 0. The van der Waals surface area contributed by atoms with Crippen LogP contribution in [0.3, 0.4) is 0 Å². The number of guanidine groups is 1. The fourth-order valence-corrected chi connectivity index (χ4v) is 2.72. The van der Waals surface area contributed by atoms with Gasteiger partial charge in [-0.05, 0) is 23.8 Å². The summed E-state index contributed by atoms with van der Waals surface area (Å²) in [7, 11) is 5.10. The largest absolute Gasteiger partial charge is 0.496 e. The number of carbonyl (C=O) groups excluding carboxylic acids is 1. The van der Waals surface area contributed by atoms with E-state index in [0.717, 1.165) is 21.3 Å². The third-order valence-corrected chi connectivity index (χ3v) is 4.35. The standard InChI is InChI=1S/C20H25BrN4O2/c1-25(2)19(26)14-24-20(22-12-15-7-5-4-6-8-15)23-13-16-11-17(21)9-10-18(16)27-3/h4-11H,12-14H2,1-3H3,(H2,22,23,24). The zero-order chi connectivity index (χ0) is 19.6. The van der Waals surface area contributed by atoms with E-state index in [2.05, 4.69) is 31.6 Å². The van der Waals surface area contributed by atoms with Crippen LogP contribution in [0.5, 0.6) is 5.75 Å². The van der Waals surface area contributed by atoms with Gasteiger partial charge in [0, 0.05) is 30.7 Å². The molecule has 2 N–H and O–H groups in total. The number of hydrogen-bond donors (Lipinski definition) is 2. The highest BCUT2D eigenvalue weighted by Gasteiger charge is 2.08. The van der Waals surface area contributed by atoms with Crippen molar-refractivity contribution in [1.29, 1.82) is 0 Å². The van der Waals surface area contributed by atoms with Crippen molar-refractivity contribution in [2.75, 3.05) is 27.7 Å². The van der Waals surface area contributed by atoms with E-state index < -0.39 is 0 Å². The highest BCUT2D eigenvalue weighted by atomic mass is 79.9. The Labute approximate surface area is 168 Å². The fraction of sp³-hybridized carbons (Fsp3) is 0.300. The van der Waals surface area contributed by atoms with Crippen molar-refractivity contribution < 1.29 is 9.53 Å². The Morgan fingerprint density at radius 3 is 2.56 bits per heavy atom. The predicted octanol–water partition coefficient (Wildman–Crippen LogP) is 2.78. The summed E-state index contributed by atoms with van der Waals surface area (Å²) in [4.78, 5) is 18.0. The van der Waals surface area contributed by atoms with Gasteiger partial charge < -0.3 is 20.3 Å². The topological polar surface area (TPSA) is 66.0 Å². The Morgan fingerprint density at radius 1 is 1.15 bits per heavy atom. The quantitative estimate of drug-likeness (QED) is 0.521. The van der Waals surface area contributed by atoms with Crippen LogP contribution in [0.2, 0.25) is 0 Å². The molecule has 0 saturated carbocycles. The monoisotopic (exact) mass is 432 g/mol. The molecule has 2 aromatic carbocycles. The van der Waals surface area contributed by atoms with E-state index in [1.165, 1.54) is 0 Å². The molecule has 1 amide bonds. The summed E-state index contributed by atoms with van der Waals surface area (Å²) in [5, 5.41) is 6.36. The zero-order valence-corrected chi connectivity index (χ0v) is 17.4. The first-order valence-electron chi connectivity index (χ1n) is 8.58. The van der Waals surface area contributed by atoms with Crippen LogP contribution in [-0.4, -0.2) is 44.5 Å². The molecule has 27 heavy (non-hydrogen) atoms. The average Bonchev–Trinajstić information content (AvgIpc) is 2.68. The van der Waals surface area contributed by atoms with Crippen molar-refractivity contribution in [2.24, 2.45) is 4.99 Å². The Hall–Kier alpha value is -2.54. The van der Waals surface area contributed by atoms with Crippen molar-refractivity contribution in [3.05, 3.63) is 64.1 Å². The number of nitrogens with zero attached hydrogens (tertiary/aromatic N) is 2. The van der Waals surface area contributed by atoms with Gasteiger partial charge >= 0.3 is 0 Å². The third kappa shape index (κ3) is 6.94. The number of carbonyl (C=O) groups is 1. The molecule has 7 heteroatoms. The highest BCUT2D eigenvalue weighted by molar-refractivity contribution is 9.10. The number of nitrogens with one attached hydrogen (secondary N) is 2. The molecule has 0 fully saturated rings. The lowest BCUT2D eigenvalue weighted by Crippen LogP contribution is -2.42. The van der Waals surface area contributed by atoms with Crippen LogP contribution in [-0.2, 0) is 17.9 Å². The van der Waals surface area contributed by atoms with Crippen LogP contribution < -0.4 is 15.4 Å². The highest BCUT2D eigenvalue weighted by Crippen LogP contribution is 2.22. The van der Waals surface area contributed by atoms with E-state index >= 15 is 0 Å². The minimum absolute atomic E-state index is 0.0238. The molecule has 0 spiro atoms. The number of amides is 1. The maximum atomic E-state index is 11.9. The number of rotatable bonds is 7. The smallest absolute Gasteiger partial charge is 0.241 e. The summed E-state index contributed by atoms with van der Waals surface area (Å²) >= 11 is 3.48. The number of benzene rings is 2. The van der Waals surface area contributed by atoms with Gasteiger partial charge in [-0.25, -0.2) is 4.99 Å². The van der Waals surface area contributed by atoms with E-state index in [-0.39, 0.29) is 12.5 Å². The van der Waals surface area contributed by atoms with Crippen molar-refractivity contribution in [3.8, 4) is 5.75 Å². The Kier molecular flexibility index (Phi) is 8.13. The zero-order valence-electron chi connectivity index (χ0n) is 15.8. The lowest BCUT2D eigenvalue weighted by molar-refractivity contribution is -0.127. The van der Waals surface area contributed by atoms with Crippen molar-refractivity contribution in [2.45, 2.75) is 13.1 Å². The van der Waals surface area contributed by atoms with Crippen LogP contribution in [0, 0.1) is 0 Å².